The first-order valence-electron chi connectivity index (χ1n) is 2.88. The second-order valence-corrected chi connectivity index (χ2v) is 2.43. The normalized spacial score (nSPS) is 12.9. The molecule has 0 atom stereocenters. The Balaban J connectivity index is 4.62. The van der Waals surface area contributed by atoms with Crippen molar-refractivity contribution in [1.82, 2.24) is 0 Å². The van der Waals surface area contributed by atoms with Crippen molar-refractivity contribution < 1.29 is 9.90 Å². The molecule has 0 heterocycles. The number of carboxylic acid groups (broad SMARTS) is 1. The second kappa shape index (κ2) is 4.85. The van der Waals surface area contributed by atoms with Crippen molar-refractivity contribution in [2.45, 2.75) is 6.92 Å². The van der Waals surface area contributed by atoms with Crippen LogP contribution in [0.1, 0.15) is 6.92 Å². The van der Waals surface area contributed by atoms with Crippen molar-refractivity contribution in [1.29, 1.82) is 0 Å². The molecule has 0 fully saturated rings. The van der Waals surface area contributed by atoms with Crippen LogP contribution in [-0.4, -0.2) is 16.8 Å². The van der Waals surface area contributed by atoms with Crippen molar-refractivity contribution in [3.8, 4) is 0 Å². The maximum Gasteiger partial charge on any atom is 0.354 e. The van der Waals surface area contributed by atoms with E-state index in [1.165, 1.54) is 6.08 Å². The van der Waals surface area contributed by atoms with Crippen LogP contribution >= 0.6 is 15.9 Å². The summed E-state index contributed by atoms with van der Waals surface area (Å²) in [4.78, 5) is 14.0. The fraction of sp³-hybridized carbons (Fsp3) is 0.143. The van der Waals surface area contributed by atoms with Crippen LogP contribution in [-0.2, 0) is 4.79 Å². The topological polar surface area (TPSA) is 49.7 Å². The van der Waals surface area contributed by atoms with Gasteiger partial charge in [0.1, 0.15) is 10.3 Å². The molecule has 0 spiro atoms. The van der Waals surface area contributed by atoms with E-state index in [9.17, 15) is 4.79 Å². The van der Waals surface area contributed by atoms with Crippen LogP contribution < -0.4 is 0 Å². The molecule has 60 valence electrons. The van der Waals surface area contributed by atoms with Gasteiger partial charge in [-0.15, -0.1) is 0 Å². The highest BCUT2D eigenvalue weighted by molar-refractivity contribution is 9.11. The van der Waals surface area contributed by atoms with Crippen LogP contribution in [0.4, 0.5) is 0 Å². The Labute approximate surface area is 73.3 Å². The number of rotatable bonds is 3. The lowest BCUT2D eigenvalue weighted by Gasteiger charge is -1.91. The Kier molecular flexibility index (Phi) is 4.45. The lowest BCUT2D eigenvalue weighted by Crippen LogP contribution is -2.08. The minimum Gasteiger partial charge on any atom is -0.477 e. The van der Waals surface area contributed by atoms with Crippen LogP contribution in [0.3, 0.4) is 0 Å². The Bertz CT molecular complexity index is 231. The molecule has 0 saturated carbocycles. The zero-order valence-electron chi connectivity index (χ0n) is 6.04. The first kappa shape index (κ1) is 10.1. The number of allylic oxidation sites excluding steroid dienone is 1. The second-order valence-electron chi connectivity index (χ2n) is 1.62. The standard InChI is InChI=1S/C7H8BrNO2/c1-3-5(7(10)11)9-6(8)4-2/h3-4H,1H2,2H3,(H,10,11)/b6-4-,9-5+. The van der Waals surface area contributed by atoms with Gasteiger partial charge in [0.25, 0.3) is 0 Å². The maximum atomic E-state index is 10.3. The molecule has 0 rings (SSSR count). The minimum absolute atomic E-state index is 0.0741. The molecule has 3 nitrogen and oxygen atoms in total. The Morgan fingerprint density at radius 3 is 2.55 bits per heavy atom. The van der Waals surface area contributed by atoms with Crippen molar-refractivity contribution in [2.75, 3.05) is 0 Å². The predicted octanol–water partition coefficient (Wildman–Crippen LogP) is 1.95. The zero-order chi connectivity index (χ0) is 8.85. The summed E-state index contributed by atoms with van der Waals surface area (Å²) in [6, 6.07) is 0. The van der Waals surface area contributed by atoms with E-state index in [0.717, 1.165) is 0 Å². The van der Waals surface area contributed by atoms with Crippen LogP contribution in [0.5, 0.6) is 0 Å². The number of hydrogen-bond donors (Lipinski definition) is 1. The lowest BCUT2D eigenvalue weighted by atomic mass is 10.4. The van der Waals surface area contributed by atoms with E-state index >= 15 is 0 Å². The van der Waals surface area contributed by atoms with Crippen LogP contribution in [0.15, 0.2) is 28.3 Å². The molecule has 0 aromatic heterocycles. The van der Waals surface area contributed by atoms with Gasteiger partial charge in [-0.3, -0.25) is 0 Å². The first-order chi connectivity index (χ1) is 5.11. The van der Waals surface area contributed by atoms with Crippen LogP contribution in [0, 0.1) is 0 Å². The van der Waals surface area contributed by atoms with E-state index in [2.05, 4.69) is 27.5 Å². The minimum atomic E-state index is -1.08. The third-order valence-electron chi connectivity index (χ3n) is 0.878. The van der Waals surface area contributed by atoms with E-state index in [1.807, 2.05) is 0 Å². The average Bonchev–Trinajstić information content (AvgIpc) is 1.99. The summed E-state index contributed by atoms with van der Waals surface area (Å²) in [5.74, 6) is -1.08. The average molecular weight is 218 g/mol. The van der Waals surface area contributed by atoms with Gasteiger partial charge in [-0.1, -0.05) is 12.7 Å². The number of aliphatic imine (C=N–C) groups is 1. The Hall–Kier alpha value is -0.900. The number of carbonyl (C=O) groups is 1. The molecule has 0 aliphatic rings. The summed E-state index contributed by atoms with van der Waals surface area (Å²) in [6.07, 6.45) is 2.83. The third-order valence-corrected chi connectivity index (χ3v) is 1.51. The molecular weight excluding hydrogens is 210 g/mol. The Morgan fingerprint density at radius 2 is 2.27 bits per heavy atom. The van der Waals surface area contributed by atoms with Gasteiger partial charge in [0.15, 0.2) is 0 Å². The number of aliphatic carboxylic acids is 1. The lowest BCUT2D eigenvalue weighted by molar-refractivity contribution is -0.129. The van der Waals surface area contributed by atoms with Crippen molar-refractivity contribution >= 4 is 27.6 Å². The molecule has 0 saturated heterocycles. The SMILES string of the molecule is C=C/C(=N\C(Br)=C/C)C(=O)O. The fourth-order valence-electron chi connectivity index (χ4n) is 0.360. The molecule has 0 aliphatic carbocycles. The monoisotopic (exact) mass is 217 g/mol. The van der Waals surface area contributed by atoms with Crippen molar-refractivity contribution in [3.05, 3.63) is 23.3 Å². The van der Waals surface area contributed by atoms with Gasteiger partial charge < -0.3 is 5.11 Å². The van der Waals surface area contributed by atoms with Gasteiger partial charge in [0.2, 0.25) is 0 Å². The highest BCUT2D eigenvalue weighted by atomic mass is 79.9. The smallest absolute Gasteiger partial charge is 0.354 e. The summed E-state index contributed by atoms with van der Waals surface area (Å²) < 4.78 is 0.481. The summed E-state index contributed by atoms with van der Waals surface area (Å²) in [5.41, 5.74) is -0.0741. The van der Waals surface area contributed by atoms with Gasteiger partial charge in [-0.05, 0) is 28.9 Å². The summed E-state index contributed by atoms with van der Waals surface area (Å²) >= 11 is 3.05. The number of halogens is 1. The van der Waals surface area contributed by atoms with E-state index in [-0.39, 0.29) is 5.71 Å². The molecule has 1 N–H and O–H groups in total. The number of carboxylic acids is 1. The highest BCUT2D eigenvalue weighted by Crippen LogP contribution is 2.06. The molecule has 0 aliphatic heterocycles. The maximum absolute atomic E-state index is 10.3. The van der Waals surface area contributed by atoms with Gasteiger partial charge in [-0.25, -0.2) is 9.79 Å². The molecule has 0 bridgehead atoms. The van der Waals surface area contributed by atoms with E-state index in [4.69, 9.17) is 5.11 Å². The summed E-state index contributed by atoms with van der Waals surface area (Å²) in [6.45, 7) is 5.06. The quantitative estimate of drug-likeness (QED) is 0.581. The summed E-state index contributed by atoms with van der Waals surface area (Å²) in [7, 11) is 0. The van der Waals surface area contributed by atoms with Gasteiger partial charge in [0, 0.05) is 0 Å². The molecule has 0 aromatic rings. The fourth-order valence-corrected chi connectivity index (χ4v) is 0.551. The molecule has 0 unspecified atom stereocenters. The number of hydrogen-bond acceptors (Lipinski definition) is 2. The largest absolute Gasteiger partial charge is 0.477 e. The molecule has 11 heavy (non-hydrogen) atoms. The predicted molar refractivity (Wildman–Crippen MR) is 48.0 cm³/mol. The molecule has 4 heteroatoms. The Morgan fingerprint density at radius 1 is 1.73 bits per heavy atom. The highest BCUT2D eigenvalue weighted by Gasteiger charge is 2.03. The number of nitrogens with zero attached hydrogens (tertiary/aromatic N) is 1. The van der Waals surface area contributed by atoms with Gasteiger partial charge >= 0.3 is 5.97 Å². The first-order valence-corrected chi connectivity index (χ1v) is 3.67. The van der Waals surface area contributed by atoms with Crippen molar-refractivity contribution in [2.24, 2.45) is 4.99 Å². The molecular formula is C7H8BrNO2. The van der Waals surface area contributed by atoms with E-state index in [0.29, 0.717) is 4.61 Å². The molecule has 0 amide bonds. The van der Waals surface area contributed by atoms with Crippen LogP contribution in [0.25, 0.3) is 0 Å². The third kappa shape index (κ3) is 3.72. The zero-order valence-corrected chi connectivity index (χ0v) is 7.63. The van der Waals surface area contributed by atoms with Crippen molar-refractivity contribution in [3.63, 3.8) is 0 Å². The van der Waals surface area contributed by atoms with Gasteiger partial charge in [0.05, 0.1) is 0 Å². The summed E-state index contributed by atoms with van der Waals surface area (Å²) in [5, 5.41) is 8.47. The van der Waals surface area contributed by atoms with Crippen LogP contribution in [0.2, 0.25) is 0 Å². The molecule has 0 aromatic carbocycles. The molecule has 0 radical (unpaired) electrons. The van der Waals surface area contributed by atoms with E-state index in [1.54, 1.807) is 13.0 Å². The van der Waals surface area contributed by atoms with E-state index < -0.39 is 5.97 Å². The van der Waals surface area contributed by atoms with Gasteiger partial charge in [-0.2, -0.15) is 0 Å².